The van der Waals surface area contributed by atoms with Crippen LogP contribution in [0.3, 0.4) is 0 Å². The number of carbonyl (C=O) groups excluding carboxylic acids is 1. The highest BCUT2D eigenvalue weighted by Crippen LogP contribution is 2.05. The summed E-state index contributed by atoms with van der Waals surface area (Å²) in [5.74, 6) is -0.106. The fourth-order valence-electron chi connectivity index (χ4n) is 1.24. The highest BCUT2D eigenvalue weighted by molar-refractivity contribution is 5.86. The molecule has 3 nitrogen and oxygen atoms in total. The molecule has 0 radical (unpaired) electrons. The van der Waals surface area contributed by atoms with Crippen molar-refractivity contribution < 1.29 is 9.63 Å². The molecule has 0 N–H and O–H groups in total. The van der Waals surface area contributed by atoms with Gasteiger partial charge in [-0.05, 0) is 12.8 Å². The van der Waals surface area contributed by atoms with Crippen LogP contribution in [0.25, 0.3) is 0 Å². The Morgan fingerprint density at radius 2 is 1.93 bits per heavy atom. The maximum Gasteiger partial charge on any atom is 0.269 e. The van der Waals surface area contributed by atoms with E-state index in [1.165, 1.54) is 44.3 Å². The van der Waals surface area contributed by atoms with Gasteiger partial charge in [0, 0.05) is 13.1 Å². The standard InChI is InChI=1S/C12H23NO2/c1-4-5-6-7-8-9-10-11-12(14)13(2)15-3/h10-11H,4-9H2,1-3H3/b11-10+. The number of nitrogens with zero attached hydrogens (tertiary/aromatic N) is 1. The molecule has 0 aliphatic carbocycles. The normalized spacial score (nSPS) is 10.9. The van der Waals surface area contributed by atoms with Crippen LogP contribution in [0.5, 0.6) is 0 Å². The van der Waals surface area contributed by atoms with Crippen molar-refractivity contribution in [1.29, 1.82) is 0 Å². The quantitative estimate of drug-likeness (QED) is 0.352. The first kappa shape index (κ1) is 14.2. The summed E-state index contributed by atoms with van der Waals surface area (Å²) in [6.07, 6.45) is 10.8. The van der Waals surface area contributed by atoms with Crippen LogP contribution >= 0.6 is 0 Å². The van der Waals surface area contributed by atoms with Crippen LogP contribution in [0.1, 0.15) is 45.4 Å². The van der Waals surface area contributed by atoms with Crippen molar-refractivity contribution in [2.24, 2.45) is 0 Å². The Bertz CT molecular complexity index is 190. The average molecular weight is 213 g/mol. The van der Waals surface area contributed by atoms with Crippen LogP contribution < -0.4 is 0 Å². The van der Waals surface area contributed by atoms with E-state index in [0.29, 0.717) is 0 Å². The molecule has 88 valence electrons. The highest BCUT2D eigenvalue weighted by atomic mass is 16.7. The minimum atomic E-state index is -0.106. The predicted molar refractivity (Wildman–Crippen MR) is 62.3 cm³/mol. The van der Waals surface area contributed by atoms with Gasteiger partial charge in [0.05, 0.1) is 7.11 Å². The Kier molecular flexibility index (Phi) is 9.18. The number of carbonyl (C=O) groups is 1. The predicted octanol–water partition coefficient (Wildman–Crippen LogP) is 2.92. The molecule has 3 heteroatoms. The fourth-order valence-corrected chi connectivity index (χ4v) is 1.24. The number of unbranched alkanes of at least 4 members (excludes halogenated alkanes) is 5. The van der Waals surface area contributed by atoms with Crippen LogP contribution in [0, 0.1) is 0 Å². The number of amides is 1. The van der Waals surface area contributed by atoms with Crippen LogP contribution in [0.2, 0.25) is 0 Å². The molecule has 0 aliphatic heterocycles. The monoisotopic (exact) mass is 213 g/mol. The molecule has 0 spiro atoms. The van der Waals surface area contributed by atoms with E-state index in [4.69, 9.17) is 4.84 Å². The van der Waals surface area contributed by atoms with E-state index >= 15 is 0 Å². The van der Waals surface area contributed by atoms with Gasteiger partial charge in [0.25, 0.3) is 5.91 Å². The van der Waals surface area contributed by atoms with Gasteiger partial charge in [0.1, 0.15) is 0 Å². The molecule has 0 unspecified atom stereocenters. The maximum absolute atomic E-state index is 11.2. The Balaban J connectivity index is 3.41. The van der Waals surface area contributed by atoms with E-state index in [1.54, 1.807) is 13.1 Å². The van der Waals surface area contributed by atoms with E-state index in [9.17, 15) is 4.79 Å². The van der Waals surface area contributed by atoms with Gasteiger partial charge >= 0.3 is 0 Å². The van der Waals surface area contributed by atoms with Crippen molar-refractivity contribution >= 4 is 5.91 Å². The summed E-state index contributed by atoms with van der Waals surface area (Å²) in [6, 6.07) is 0. The summed E-state index contributed by atoms with van der Waals surface area (Å²) in [5, 5.41) is 1.22. The van der Waals surface area contributed by atoms with Crippen molar-refractivity contribution in [3.63, 3.8) is 0 Å². The lowest BCUT2D eigenvalue weighted by atomic mass is 10.1. The molecule has 0 atom stereocenters. The van der Waals surface area contributed by atoms with E-state index in [-0.39, 0.29) is 5.91 Å². The van der Waals surface area contributed by atoms with Gasteiger partial charge in [0.15, 0.2) is 0 Å². The first-order valence-electron chi connectivity index (χ1n) is 5.70. The number of likely N-dealkylation sites (N-methyl/N-ethyl adjacent to an activating group) is 1. The van der Waals surface area contributed by atoms with Gasteiger partial charge in [-0.25, -0.2) is 5.06 Å². The molecular formula is C12H23NO2. The third-order valence-corrected chi connectivity index (χ3v) is 2.32. The number of rotatable bonds is 8. The second kappa shape index (κ2) is 9.71. The van der Waals surface area contributed by atoms with E-state index in [0.717, 1.165) is 6.42 Å². The van der Waals surface area contributed by atoms with E-state index < -0.39 is 0 Å². The molecule has 0 aromatic carbocycles. The van der Waals surface area contributed by atoms with Gasteiger partial charge in [-0.1, -0.05) is 38.7 Å². The Labute approximate surface area is 93.1 Å². The molecule has 0 fully saturated rings. The van der Waals surface area contributed by atoms with Crippen LogP contribution in [0.4, 0.5) is 0 Å². The molecular weight excluding hydrogens is 190 g/mol. The topological polar surface area (TPSA) is 29.5 Å². The van der Waals surface area contributed by atoms with Crippen molar-refractivity contribution in [3.05, 3.63) is 12.2 Å². The molecule has 0 aromatic rings. The molecule has 0 bridgehead atoms. The Hall–Kier alpha value is -0.830. The average Bonchev–Trinajstić information content (AvgIpc) is 2.26. The number of hydroxylamine groups is 2. The molecule has 0 heterocycles. The summed E-state index contributed by atoms with van der Waals surface area (Å²) in [7, 11) is 3.09. The third kappa shape index (κ3) is 8.18. The van der Waals surface area contributed by atoms with Gasteiger partial charge in [-0.3, -0.25) is 9.63 Å². The first-order chi connectivity index (χ1) is 7.22. The summed E-state index contributed by atoms with van der Waals surface area (Å²) < 4.78 is 0. The van der Waals surface area contributed by atoms with Crippen LogP contribution in [-0.2, 0) is 9.63 Å². The molecule has 0 rings (SSSR count). The molecule has 1 amide bonds. The molecule has 0 saturated heterocycles. The lowest BCUT2D eigenvalue weighted by Crippen LogP contribution is -2.22. The van der Waals surface area contributed by atoms with Gasteiger partial charge in [0.2, 0.25) is 0 Å². The number of allylic oxidation sites excluding steroid dienone is 1. The zero-order valence-corrected chi connectivity index (χ0v) is 10.2. The van der Waals surface area contributed by atoms with E-state index in [2.05, 4.69) is 6.92 Å². The number of hydrogen-bond acceptors (Lipinski definition) is 2. The highest BCUT2D eigenvalue weighted by Gasteiger charge is 2.00. The second-order valence-electron chi connectivity index (χ2n) is 3.62. The van der Waals surface area contributed by atoms with Crippen molar-refractivity contribution in [1.82, 2.24) is 5.06 Å². The molecule has 15 heavy (non-hydrogen) atoms. The zero-order valence-electron chi connectivity index (χ0n) is 10.2. The first-order valence-corrected chi connectivity index (χ1v) is 5.70. The van der Waals surface area contributed by atoms with Crippen molar-refractivity contribution in [2.75, 3.05) is 14.2 Å². The molecule has 0 aliphatic rings. The fraction of sp³-hybridized carbons (Fsp3) is 0.750. The minimum Gasteiger partial charge on any atom is -0.274 e. The largest absolute Gasteiger partial charge is 0.274 e. The van der Waals surface area contributed by atoms with E-state index in [1.807, 2.05) is 6.08 Å². The van der Waals surface area contributed by atoms with Crippen LogP contribution in [-0.4, -0.2) is 25.1 Å². The van der Waals surface area contributed by atoms with Crippen molar-refractivity contribution in [2.45, 2.75) is 45.4 Å². The minimum absolute atomic E-state index is 0.106. The van der Waals surface area contributed by atoms with Crippen LogP contribution in [0.15, 0.2) is 12.2 Å². The zero-order chi connectivity index (χ0) is 11.5. The smallest absolute Gasteiger partial charge is 0.269 e. The summed E-state index contributed by atoms with van der Waals surface area (Å²) >= 11 is 0. The molecule has 0 aromatic heterocycles. The summed E-state index contributed by atoms with van der Waals surface area (Å²) in [4.78, 5) is 16.0. The lowest BCUT2D eigenvalue weighted by molar-refractivity contribution is -0.162. The maximum atomic E-state index is 11.2. The number of hydrogen-bond donors (Lipinski definition) is 0. The summed E-state index contributed by atoms with van der Waals surface area (Å²) in [5.41, 5.74) is 0. The van der Waals surface area contributed by atoms with Gasteiger partial charge in [-0.2, -0.15) is 0 Å². The van der Waals surface area contributed by atoms with Crippen molar-refractivity contribution in [3.8, 4) is 0 Å². The Morgan fingerprint density at radius 1 is 1.27 bits per heavy atom. The SMILES string of the molecule is CCCCCCC/C=C/C(=O)N(C)OC. The second-order valence-corrected chi connectivity index (χ2v) is 3.62. The molecule has 0 saturated carbocycles. The van der Waals surface area contributed by atoms with Gasteiger partial charge < -0.3 is 0 Å². The Morgan fingerprint density at radius 3 is 2.53 bits per heavy atom. The third-order valence-electron chi connectivity index (χ3n) is 2.32. The summed E-state index contributed by atoms with van der Waals surface area (Å²) in [6.45, 7) is 2.21. The van der Waals surface area contributed by atoms with Gasteiger partial charge in [-0.15, -0.1) is 0 Å². The lowest BCUT2D eigenvalue weighted by Gasteiger charge is -2.09.